The predicted octanol–water partition coefficient (Wildman–Crippen LogP) is 3.26. The zero-order valence-electron chi connectivity index (χ0n) is 16.8. The van der Waals surface area contributed by atoms with Crippen LogP contribution in [-0.2, 0) is 6.54 Å². The fourth-order valence-electron chi connectivity index (χ4n) is 3.40. The third kappa shape index (κ3) is 6.94. The summed E-state index contributed by atoms with van der Waals surface area (Å²) in [5.74, 6) is 0.377. The second kappa shape index (κ2) is 12.1. The van der Waals surface area contributed by atoms with Gasteiger partial charge >= 0.3 is 0 Å². The fourth-order valence-corrected chi connectivity index (χ4v) is 3.40. The van der Waals surface area contributed by atoms with Crippen LogP contribution in [0.2, 0.25) is 0 Å². The molecule has 1 aliphatic rings. The molecule has 158 valence electrons. The second-order valence-electron chi connectivity index (χ2n) is 6.98. The summed E-state index contributed by atoms with van der Waals surface area (Å²) in [5.41, 5.74) is 1.61. The van der Waals surface area contributed by atoms with Crippen LogP contribution in [-0.4, -0.2) is 60.1 Å². The monoisotopic (exact) mass is 512 g/mol. The minimum Gasteiger partial charge on any atom is -0.386 e. The van der Waals surface area contributed by atoms with Crippen LogP contribution in [0.3, 0.4) is 0 Å². The van der Waals surface area contributed by atoms with Crippen molar-refractivity contribution in [3.8, 4) is 0 Å². The quantitative estimate of drug-likeness (QED) is 0.355. The summed E-state index contributed by atoms with van der Waals surface area (Å²) in [5, 5.41) is 13.6. The summed E-state index contributed by atoms with van der Waals surface area (Å²) in [4.78, 5) is 9.20. The van der Waals surface area contributed by atoms with Crippen LogP contribution in [0.15, 0.2) is 59.6 Å². The van der Waals surface area contributed by atoms with Crippen molar-refractivity contribution in [2.24, 2.45) is 4.99 Å². The fraction of sp³-hybridized carbons (Fsp3) is 0.409. The average Bonchev–Trinajstić information content (AvgIpc) is 2.73. The van der Waals surface area contributed by atoms with E-state index in [-0.39, 0.29) is 36.1 Å². The predicted molar refractivity (Wildman–Crippen MR) is 126 cm³/mol. The number of nitrogens with one attached hydrogen (secondary N) is 1. The normalized spacial score (nSPS) is 16.2. The SMILES string of the molecule is CCNC(=NCC(O)c1ccccc1F)N1CCN(Cc2ccccc2)CC1.I. The molecule has 3 rings (SSSR count). The molecule has 5 nitrogen and oxygen atoms in total. The molecule has 0 saturated carbocycles. The Kier molecular flexibility index (Phi) is 9.83. The highest BCUT2D eigenvalue weighted by Gasteiger charge is 2.20. The first-order valence-corrected chi connectivity index (χ1v) is 9.89. The lowest BCUT2D eigenvalue weighted by molar-refractivity contribution is 0.168. The summed E-state index contributed by atoms with van der Waals surface area (Å²) in [6.45, 7) is 7.50. The first-order valence-electron chi connectivity index (χ1n) is 9.89. The minimum absolute atomic E-state index is 0. The van der Waals surface area contributed by atoms with Gasteiger partial charge in [-0.05, 0) is 18.6 Å². The Bertz CT molecular complexity index is 766. The molecule has 0 aromatic heterocycles. The van der Waals surface area contributed by atoms with E-state index >= 15 is 0 Å². The molecule has 0 bridgehead atoms. The second-order valence-corrected chi connectivity index (χ2v) is 6.98. The molecule has 0 aliphatic carbocycles. The molecule has 29 heavy (non-hydrogen) atoms. The van der Waals surface area contributed by atoms with Crippen LogP contribution >= 0.6 is 24.0 Å². The maximum absolute atomic E-state index is 13.8. The van der Waals surface area contributed by atoms with Gasteiger partial charge in [-0.3, -0.25) is 9.89 Å². The van der Waals surface area contributed by atoms with Gasteiger partial charge in [0.15, 0.2) is 5.96 Å². The van der Waals surface area contributed by atoms with Gasteiger partial charge in [-0.15, -0.1) is 24.0 Å². The molecule has 1 fully saturated rings. The van der Waals surface area contributed by atoms with Gasteiger partial charge in [-0.25, -0.2) is 4.39 Å². The van der Waals surface area contributed by atoms with Crippen molar-refractivity contribution < 1.29 is 9.50 Å². The maximum atomic E-state index is 13.8. The number of benzene rings is 2. The number of nitrogens with zero attached hydrogens (tertiary/aromatic N) is 3. The van der Waals surface area contributed by atoms with Crippen molar-refractivity contribution >= 4 is 29.9 Å². The van der Waals surface area contributed by atoms with Crippen molar-refractivity contribution in [3.63, 3.8) is 0 Å². The largest absolute Gasteiger partial charge is 0.386 e. The third-order valence-electron chi connectivity index (χ3n) is 4.93. The van der Waals surface area contributed by atoms with Gasteiger partial charge in [0, 0.05) is 44.8 Å². The van der Waals surface area contributed by atoms with Crippen LogP contribution < -0.4 is 5.32 Å². The topological polar surface area (TPSA) is 51.1 Å². The molecule has 0 amide bonds. The smallest absolute Gasteiger partial charge is 0.194 e. The average molecular weight is 512 g/mol. The number of piperazine rings is 1. The van der Waals surface area contributed by atoms with E-state index in [1.54, 1.807) is 18.2 Å². The van der Waals surface area contributed by atoms with Crippen molar-refractivity contribution in [2.45, 2.75) is 19.6 Å². The Labute approximate surface area is 189 Å². The summed E-state index contributed by atoms with van der Waals surface area (Å²) in [6.07, 6.45) is -0.950. The van der Waals surface area contributed by atoms with E-state index in [0.29, 0.717) is 0 Å². The van der Waals surface area contributed by atoms with Gasteiger partial charge in [0.25, 0.3) is 0 Å². The Hall–Kier alpha value is -1.71. The highest BCUT2D eigenvalue weighted by Crippen LogP contribution is 2.17. The van der Waals surface area contributed by atoms with Crippen LogP contribution in [0.5, 0.6) is 0 Å². The number of aliphatic imine (C=N–C) groups is 1. The van der Waals surface area contributed by atoms with E-state index in [2.05, 4.69) is 44.4 Å². The Morgan fingerprint density at radius 1 is 1.07 bits per heavy atom. The first-order chi connectivity index (χ1) is 13.7. The van der Waals surface area contributed by atoms with E-state index in [0.717, 1.165) is 45.2 Å². The molecule has 1 saturated heterocycles. The van der Waals surface area contributed by atoms with E-state index < -0.39 is 11.9 Å². The molecule has 1 aliphatic heterocycles. The number of aliphatic hydroxyl groups excluding tert-OH is 1. The molecular formula is C22H30FIN4O. The first kappa shape index (κ1) is 23.6. The lowest BCUT2D eigenvalue weighted by Crippen LogP contribution is -2.52. The number of hydrogen-bond donors (Lipinski definition) is 2. The summed E-state index contributed by atoms with van der Waals surface area (Å²) < 4.78 is 13.8. The molecular weight excluding hydrogens is 482 g/mol. The molecule has 1 heterocycles. The van der Waals surface area contributed by atoms with Crippen LogP contribution in [0.4, 0.5) is 4.39 Å². The van der Waals surface area contributed by atoms with Gasteiger partial charge in [-0.2, -0.15) is 0 Å². The third-order valence-corrected chi connectivity index (χ3v) is 4.93. The zero-order valence-corrected chi connectivity index (χ0v) is 19.1. The molecule has 0 spiro atoms. The molecule has 2 aromatic rings. The maximum Gasteiger partial charge on any atom is 0.194 e. The van der Waals surface area contributed by atoms with Crippen molar-refractivity contribution in [3.05, 3.63) is 71.5 Å². The summed E-state index contributed by atoms with van der Waals surface area (Å²) in [6, 6.07) is 16.8. The van der Waals surface area contributed by atoms with Gasteiger partial charge in [0.05, 0.1) is 6.54 Å². The van der Waals surface area contributed by atoms with Crippen LogP contribution in [0.1, 0.15) is 24.2 Å². The van der Waals surface area contributed by atoms with Crippen molar-refractivity contribution in [1.29, 1.82) is 0 Å². The number of aliphatic hydroxyl groups is 1. The Morgan fingerprint density at radius 3 is 2.38 bits per heavy atom. The van der Waals surface area contributed by atoms with Gasteiger partial charge in [-0.1, -0.05) is 48.5 Å². The molecule has 1 unspecified atom stereocenters. The highest BCUT2D eigenvalue weighted by molar-refractivity contribution is 14.0. The minimum atomic E-state index is -0.950. The van der Waals surface area contributed by atoms with E-state index in [1.165, 1.54) is 11.6 Å². The van der Waals surface area contributed by atoms with E-state index in [1.807, 2.05) is 13.0 Å². The lowest BCUT2D eigenvalue weighted by Gasteiger charge is -2.36. The standard InChI is InChI=1S/C22H29FN4O.HI/c1-2-24-22(25-16-21(28)19-10-6-7-11-20(19)23)27-14-12-26(13-15-27)17-18-8-4-3-5-9-18;/h3-11,21,28H,2,12-17H2,1H3,(H,24,25);1H. The van der Waals surface area contributed by atoms with Gasteiger partial charge in [0.1, 0.15) is 11.9 Å². The summed E-state index contributed by atoms with van der Waals surface area (Å²) >= 11 is 0. The molecule has 0 radical (unpaired) electrons. The molecule has 7 heteroatoms. The number of rotatable bonds is 6. The summed E-state index contributed by atoms with van der Waals surface area (Å²) in [7, 11) is 0. The van der Waals surface area contributed by atoms with Crippen LogP contribution in [0, 0.1) is 5.82 Å². The van der Waals surface area contributed by atoms with Crippen LogP contribution in [0.25, 0.3) is 0 Å². The number of halogens is 2. The highest BCUT2D eigenvalue weighted by atomic mass is 127. The Balaban J connectivity index is 0.00000300. The van der Waals surface area contributed by atoms with Gasteiger partial charge < -0.3 is 15.3 Å². The molecule has 1 atom stereocenters. The van der Waals surface area contributed by atoms with Gasteiger partial charge in [0.2, 0.25) is 0 Å². The zero-order chi connectivity index (χ0) is 19.8. The number of guanidine groups is 1. The molecule has 2 aromatic carbocycles. The van der Waals surface area contributed by atoms with Crippen molar-refractivity contribution in [1.82, 2.24) is 15.1 Å². The van der Waals surface area contributed by atoms with E-state index in [4.69, 9.17) is 0 Å². The van der Waals surface area contributed by atoms with E-state index in [9.17, 15) is 9.50 Å². The van der Waals surface area contributed by atoms with Crippen molar-refractivity contribution in [2.75, 3.05) is 39.3 Å². The molecule has 2 N–H and O–H groups in total. The number of hydrogen-bond acceptors (Lipinski definition) is 3. The Morgan fingerprint density at radius 2 is 1.72 bits per heavy atom. The lowest BCUT2D eigenvalue weighted by atomic mass is 10.1.